The number of phenolic OH excluding ortho intramolecular Hbond substituents is 1. The zero-order valence-electron chi connectivity index (χ0n) is 14.6. The third-order valence-corrected chi connectivity index (χ3v) is 6.21. The Morgan fingerprint density at radius 2 is 2.12 bits per heavy atom. The molecule has 1 aromatic carbocycles. The number of likely N-dealkylation sites (tertiary alicyclic amines) is 1. The number of hydrogen-bond donors (Lipinski definition) is 3. The van der Waals surface area contributed by atoms with E-state index < -0.39 is 0 Å². The highest BCUT2D eigenvalue weighted by atomic mass is 32.1. The summed E-state index contributed by atoms with van der Waals surface area (Å²) in [5.74, 6) is 0.885. The third-order valence-electron chi connectivity index (χ3n) is 5.30. The number of benzene rings is 1. The lowest BCUT2D eigenvalue weighted by Gasteiger charge is -2.30. The topological polar surface area (TPSA) is 82.3 Å². The summed E-state index contributed by atoms with van der Waals surface area (Å²) in [6, 6.07) is 5.35. The summed E-state index contributed by atoms with van der Waals surface area (Å²) in [5.41, 5.74) is 7.19. The van der Waals surface area contributed by atoms with E-state index in [-0.39, 0.29) is 11.3 Å². The van der Waals surface area contributed by atoms with E-state index in [2.05, 4.69) is 16.0 Å². The van der Waals surface area contributed by atoms with Gasteiger partial charge in [0.15, 0.2) is 0 Å². The molecule has 0 saturated carbocycles. The van der Waals surface area contributed by atoms with Crippen molar-refractivity contribution in [3.05, 3.63) is 45.6 Å². The lowest BCUT2D eigenvalue weighted by Crippen LogP contribution is -2.36. The summed E-state index contributed by atoms with van der Waals surface area (Å²) in [6.07, 6.45) is 6.38. The average molecular weight is 369 g/mol. The summed E-state index contributed by atoms with van der Waals surface area (Å²) in [4.78, 5) is 17.5. The summed E-state index contributed by atoms with van der Waals surface area (Å²) in [5, 5.41) is 14.1. The molecule has 4 rings (SSSR count). The van der Waals surface area contributed by atoms with Gasteiger partial charge < -0.3 is 15.8 Å². The maximum Gasteiger partial charge on any atom is 0.266 e. The molecule has 1 fully saturated rings. The Morgan fingerprint density at radius 1 is 1.31 bits per heavy atom. The van der Waals surface area contributed by atoms with Crippen molar-refractivity contribution >= 4 is 38.4 Å². The second kappa shape index (κ2) is 7.23. The zero-order chi connectivity index (χ0) is 18.1. The molecular weight excluding hydrogens is 346 g/mol. The van der Waals surface area contributed by atoms with Crippen molar-refractivity contribution in [3.63, 3.8) is 0 Å². The van der Waals surface area contributed by atoms with Gasteiger partial charge in [0.2, 0.25) is 0 Å². The SMILES string of the molecule is NCC1CCN(CC=Cc2c(O)ccc3[nH]c(=O)c4sccc4c23)CC1. The second-order valence-corrected chi connectivity index (χ2v) is 7.84. The molecule has 0 bridgehead atoms. The van der Waals surface area contributed by atoms with Crippen molar-refractivity contribution in [1.82, 2.24) is 9.88 Å². The molecule has 1 aliphatic heterocycles. The minimum Gasteiger partial charge on any atom is -0.507 e. The predicted octanol–water partition coefficient (Wildman–Crippen LogP) is 3.13. The number of aromatic hydroxyl groups is 1. The first kappa shape index (κ1) is 17.3. The summed E-state index contributed by atoms with van der Waals surface area (Å²) >= 11 is 1.42. The molecule has 3 heterocycles. The van der Waals surface area contributed by atoms with Crippen LogP contribution in [0.3, 0.4) is 0 Å². The molecule has 0 unspecified atom stereocenters. The fourth-order valence-electron chi connectivity index (χ4n) is 3.76. The minimum atomic E-state index is -0.0779. The van der Waals surface area contributed by atoms with Gasteiger partial charge in [0.1, 0.15) is 10.4 Å². The molecule has 26 heavy (non-hydrogen) atoms. The number of pyridine rings is 1. The van der Waals surface area contributed by atoms with Gasteiger partial charge in [-0.3, -0.25) is 9.69 Å². The van der Waals surface area contributed by atoms with Gasteiger partial charge in [-0.25, -0.2) is 0 Å². The normalized spacial score (nSPS) is 17.0. The molecule has 136 valence electrons. The van der Waals surface area contributed by atoms with Gasteiger partial charge in [-0.05, 0) is 62.0 Å². The van der Waals surface area contributed by atoms with E-state index in [0.29, 0.717) is 10.6 Å². The van der Waals surface area contributed by atoms with Crippen LogP contribution in [0.4, 0.5) is 0 Å². The highest BCUT2D eigenvalue weighted by Gasteiger charge is 2.17. The van der Waals surface area contributed by atoms with Crippen LogP contribution in [-0.4, -0.2) is 41.2 Å². The molecule has 4 N–H and O–H groups in total. The van der Waals surface area contributed by atoms with Crippen LogP contribution in [0.15, 0.2) is 34.4 Å². The van der Waals surface area contributed by atoms with Crippen LogP contribution in [0, 0.1) is 5.92 Å². The number of aromatic nitrogens is 1. The van der Waals surface area contributed by atoms with Gasteiger partial charge in [0.05, 0.1) is 0 Å². The highest BCUT2D eigenvalue weighted by Crippen LogP contribution is 2.33. The van der Waals surface area contributed by atoms with Gasteiger partial charge in [-0.2, -0.15) is 0 Å². The lowest BCUT2D eigenvalue weighted by molar-refractivity contribution is 0.204. The van der Waals surface area contributed by atoms with E-state index in [1.165, 1.54) is 11.3 Å². The Labute approximate surface area is 155 Å². The van der Waals surface area contributed by atoms with Crippen LogP contribution in [0.2, 0.25) is 0 Å². The van der Waals surface area contributed by atoms with E-state index in [1.54, 1.807) is 12.1 Å². The number of thiophene rings is 1. The number of rotatable bonds is 4. The minimum absolute atomic E-state index is 0.0779. The first-order valence-corrected chi connectivity index (χ1v) is 9.89. The third kappa shape index (κ3) is 3.16. The maximum atomic E-state index is 12.2. The highest BCUT2D eigenvalue weighted by molar-refractivity contribution is 7.17. The van der Waals surface area contributed by atoms with Crippen LogP contribution in [0.25, 0.3) is 27.1 Å². The Balaban J connectivity index is 1.65. The summed E-state index contributed by atoms with van der Waals surface area (Å²) < 4.78 is 0.696. The number of nitrogens with one attached hydrogen (secondary N) is 1. The van der Waals surface area contributed by atoms with Crippen LogP contribution in [0.5, 0.6) is 5.75 Å². The van der Waals surface area contributed by atoms with E-state index in [1.807, 2.05) is 17.5 Å². The number of piperidine rings is 1. The Morgan fingerprint density at radius 3 is 2.88 bits per heavy atom. The van der Waals surface area contributed by atoms with Gasteiger partial charge in [0.25, 0.3) is 5.56 Å². The molecule has 0 amide bonds. The number of hydrogen-bond acceptors (Lipinski definition) is 5. The number of fused-ring (bicyclic) bond motifs is 3. The summed E-state index contributed by atoms with van der Waals surface area (Å²) in [6.45, 7) is 3.76. The zero-order valence-corrected chi connectivity index (χ0v) is 15.4. The Kier molecular flexibility index (Phi) is 4.80. The van der Waals surface area contributed by atoms with E-state index in [9.17, 15) is 9.90 Å². The second-order valence-electron chi connectivity index (χ2n) is 6.92. The van der Waals surface area contributed by atoms with Crippen molar-refractivity contribution in [2.75, 3.05) is 26.2 Å². The number of nitrogens with zero attached hydrogens (tertiary/aromatic N) is 1. The molecule has 0 spiro atoms. The van der Waals surface area contributed by atoms with Gasteiger partial charge in [0, 0.05) is 28.4 Å². The van der Waals surface area contributed by atoms with Crippen LogP contribution < -0.4 is 11.3 Å². The molecule has 6 heteroatoms. The first-order valence-electron chi connectivity index (χ1n) is 9.01. The van der Waals surface area contributed by atoms with E-state index >= 15 is 0 Å². The number of aromatic amines is 1. The molecule has 5 nitrogen and oxygen atoms in total. The molecule has 3 aromatic rings. The number of H-pyrrole nitrogens is 1. The Bertz CT molecular complexity index is 1010. The Hall–Kier alpha value is -2.15. The van der Waals surface area contributed by atoms with Crippen LogP contribution in [0.1, 0.15) is 18.4 Å². The maximum absolute atomic E-state index is 12.2. The van der Waals surface area contributed by atoms with Gasteiger partial charge in [-0.1, -0.05) is 12.2 Å². The lowest BCUT2D eigenvalue weighted by atomic mass is 9.97. The van der Waals surface area contributed by atoms with Crippen LogP contribution in [-0.2, 0) is 0 Å². The fraction of sp³-hybridized carbons (Fsp3) is 0.350. The molecule has 1 saturated heterocycles. The number of phenols is 1. The smallest absolute Gasteiger partial charge is 0.266 e. The summed E-state index contributed by atoms with van der Waals surface area (Å²) in [7, 11) is 0. The largest absolute Gasteiger partial charge is 0.507 e. The molecule has 2 aromatic heterocycles. The molecular formula is C20H23N3O2S. The van der Waals surface area contributed by atoms with Crippen molar-refractivity contribution in [2.45, 2.75) is 12.8 Å². The van der Waals surface area contributed by atoms with E-state index in [0.717, 1.165) is 60.9 Å². The molecule has 1 aliphatic rings. The van der Waals surface area contributed by atoms with Gasteiger partial charge >= 0.3 is 0 Å². The van der Waals surface area contributed by atoms with Crippen molar-refractivity contribution in [1.29, 1.82) is 0 Å². The van der Waals surface area contributed by atoms with Crippen molar-refractivity contribution < 1.29 is 5.11 Å². The van der Waals surface area contributed by atoms with Crippen molar-refractivity contribution in [2.24, 2.45) is 11.7 Å². The number of nitrogens with two attached hydrogens (primary N) is 1. The molecule has 0 radical (unpaired) electrons. The quantitative estimate of drug-likeness (QED) is 0.660. The average Bonchev–Trinajstić information content (AvgIpc) is 3.15. The molecule has 0 atom stereocenters. The standard InChI is InChI=1S/C20H23N3O2S/c21-12-13-5-9-23(10-6-13)8-1-2-14-17(24)4-3-16-18(14)15-7-11-26-19(15)20(25)22-16/h1-4,7,11,13,24H,5-6,8-10,12,21H2,(H,22,25). The monoisotopic (exact) mass is 369 g/mol. The van der Waals surface area contributed by atoms with Crippen molar-refractivity contribution in [3.8, 4) is 5.75 Å². The first-order chi connectivity index (χ1) is 12.7. The predicted molar refractivity (Wildman–Crippen MR) is 109 cm³/mol. The fourth-order valence-corrected chi connectivity index (χ4v) is 4.55. The molecule has 0 aliphatic carbocycles. The van der Waals surface area contributed by atoms with Crippen LogP contribution >= 0.6 is 11.3 Å². The van der Waals surface area contributed by atoms with E-state index in [4.69, 9.17) is 5.73 Å². The van der Waals surface area contributed by atoms with Gasteiger partial charge in [-0.15, -0.1) is 11.3 Å².